The summed E-state index contributed by atoms with van der Waals surface area (Å²) in [4.78, 5) is 10.2. The lowest BCUT2D eigenvalue weighted by atomic mass is 10.3. The molecule has 0 aromatic carbocycles. The van der Waals surface area contributed by atoms with Crippen LogP contribution in [0.4, 0.5) is 17.6 Å². The molecule has 0 atom stereocenters. The monoisotopic (exact) mass is 225 g/mol. The highest BCUT2D eigenvalue weighted by molar-refractivity contribution is 5.52. The number of nitrogens with one attached hydrogen (secondary N) is 1. The molecule has 0 bridgehead atoms. The molecule has 0 spiro atoms. The van der Waals surface area contributed by atoms with Crippen LogP contribution in [0.5, 0.6) is 0 Å². The molecule has 0 aliphatic rings. The second-order valence-electron chi connectivity index (χ2n) is 3.43. The van der Waals surface area contributed by atoms with Gasteiger partial charge in [-0.25, -0.2) is 0 Å². The number of aliphatic hydroxyl groups is 1. The molecule has 4 N–H and O–H groups in total. The zero-order valence-corrected chi connectivity index (χ0v) is 9.77. The number of nitrogens with zero attached hydrogens (tertiary/aromatic N) is 3. The van der Waals surface area contributed by atoms with Gasteiger partial charge in [-0.2, -0.15) is 9.97 Å². The summed E-state index contributed by atoms with van der Waals surface area (Å²) in [5.41, 5.74) is 5.61. The fraction of sp³-hybridized carbons (Fsp3) is 0.600. The molecule has 1 heterocycles. The van der Waals surface area contributed by atoms with E-state index >= 15 is 0 Å². The maximum Gasteiger partial charge on any atom is 0.223 e. The second kappa shape index (κ2) is 6.12. The minimum absolute atomic E-state index is 0.0960. The molecule has 0 saturated heterocycles. The van der Waals surface area contributed by atoms with Crippen molar-refractivity contribution in [3.63, 3.8) is 0 Å². The summed E-state index contributed by atoms with van der Waals surface area (Å²) in [6.45, 7) is 3.56. The van der Waals surface area contributed by atoms with Crippen LogP contribution in [-0.4, -0.2) is 41.8 Å². The number of hydrogen-bond acceptors (Lipinski definition) is 6. The van der Waals surface area contributed by atoms with Crippen LogP contribution in [0.2, 0.25) is 0 Å². The molecule has 0 amide bonds. The zero-order valence-electron chi connectivity index (χ0n) is 9.77. The lowest BCUT2D eigenvalue weighted by molar-refractivity contribution is 0.301. The number of nitrogen functional groups attached to an aromatic ring is 1. The minimum Gasteiger partial charge on any atom is -0.395 e. The van der Waals surface area contributed by atoms with Gasteiger partial charge in [0.1, 0.15) is 11.6 Å². The van der Waals surface area contributed by atoms with Gasteiger partial charge in [-0.05, 0) is 6.42 Å². The molecule has 0 aliphatic carbocycles. The van der Waals surface area contributed by atoms with Gasteiger partial charge < -0.3 is 21.1 Å². The van der Waals surface area contributed by atoms with Crippen LogP contribution in [0.25, 0.3) is 0 Å². The van der Waals surface area contributed by atoms with E-state index in [-0.39, 0.29) is 12.6 Å². The molecule has 1 aromatic rings. The third-order valence-corrected chi connectivity index (χ3v) is 2.17. The van der Waals surface area contributed by atoms with E-state index in [0.29, 0.717) is 12.4 Å². The van der Waals surface area contributed by atoms with Crippen molar-refractivity contribution in [2.75, 3.05) is 42.7 Å². The first-order valence-corrected chi connectivity index (χ1v) is 5.39. The molecule has 0 fully saturated rings. The Kier molecular flexibility index (Phi) is 4.78. The van der Waals surface area contributed by atoms with Crippen LogP contribution in [0.15, 0.2) is 6.07 Å². The number of aromatic nitrogens is 2. The molecule has 6 heteroatoms. The molecule has 16 heavy (non-hydrogen) atoms. The predicted molar refractivity (Wildman–Crippen MR) is 65.6 cm³/mol. The zero-order chi connectivity index (χ0) is 12.0. The Hall–Kier alpha value is -1.56. The van der Waals surface area contributed by atoms with Crippen LogP contribution in [0.1, 0.15) is 13.3 Å². The standard InChI is InChI=1S/C10H19N5O/c1-3-4-15(5-6-16)9-7-8(12-2)13-10(11)14-9/h7,16H,3-6H2,1-2H3,(H3,11,12,13,14). The lowest BCUT2D eigenvalue weighted by Crippen LogP contribution is -2.28. The van der Waals surface area contributed by atoms with E-state index in [2.05, 4.69) is 22.2 Å². The highest BCUT2D eigenvalue weighted by Gasteiger charge is 2.09. The topological polar surface area (TPSA) is 87.3 Å². The van der Waals surface area contributed by atoms with E-state index in [9.17, 15) is 0 Å². The fourth-order valence-corrected chi connectivity index (χ4v) is 1.47. The normalized spacial score (nSPS) is 10.2. The largest absolute Gasteiger partial charge is 0.395 e. The first kappa shape index (κ1) is 12.5. The van der Waals surface area contributed by atoms with Crippen molar-refractivity contribution in [1.29, 1.82) is 0 Å². The summed E-state index contributed by atoms with van der Waals surface area (Å²) >= 11 is 0. The highest BCUT2D eigenvalue weighted by Crippen LogP contribution is 2.16. The number of aliphatic hydroxyl groups excluding tert-OH is 1. The molecule has 1 rings (SSSR count). The van der Waals surface area contributed by atoms with Crippen molar-refractivity contribution in [3.8, 4) is 0 Å². The van der Waals surface area contributed by atoms with Gasteiger partial charge in [0.2, 0.25) is 5.95 Å². The summed E-state index contributed by atoms with van der Waals surface area (Å²) < 4.78 is 0. The van der Waals surface area contributed by atoms with E-state index in [1.54, 1.807) is 7.05 Å². The maximum atomic E-state index is 8.99. The highest BCUT2D eigenvalue weighted by atomic mass is 16.3. The molecule has 0 unspecified atom stereocenters. The minimum atomic E-state index is 0.0960. The molecule has 0 aliphatic heterocycles. The second-order valence-corrected chi connectivity index (χ2v) is 3.43. The van der Waals surface area contributed by atoms with Crippen LogP contribution in [-0.2, 0) is 0 Å². The van der Waals surface area contributed by atoms with Gasteiger partial charge >= 0.3 is 0 Å². The average Bonchev–Trinajstić information content (AvgIpc) is 2.28. The summed E-state index contributed by atoms with van der Waals surface area (Å²) in [6.07, 6.45) is 0.985. The number of nitrogens with two attached hydrogens (primary N) is 1. The summed E-state index contributed by atoms with van der Waals surface area (Å²) in [7, 11) is 1.78. The SMILES string of the molecule is CCCN(CCO)c1cc(NC)nc(N)n1. The number of anilines is 3. The molecule has 0 saturated carbocycles. The Morgan fingerprint density at radius 1 is 1.44 bits per heavy atom. The van der Waals surface area contributed by atoms with E-state index in [4.69, 9.17) is 10.8 Å². The van der Waals surface area contributed by atoms with Gasteiger partial charge in [0, 0.05) is 26.2 Å². The van der Waals surface area contributed by atoms with Crippen LogP contribution < -0.4 is 16.0 Å². The first-order chi connectivity index (χ1) is 7.71. The molecule has 6 nitrogen and oxygen atoms in total. The van der Waals surface area contributed by atoms with Crippen LogP contribution in [0, 0.1) is 0 Å². The van der Waals surface area contributed by atoms with E-state index in [0.717, 1.165) is 18.8 Å². The lowest BCUT2D eigenvalue weighted by Gasteiger charge is -2.22. The quantitative estimate of drug-likeness (QED) is 0.646. The van der Waals surface area contributed by atoms with Gasteiger partial charge in [0.05, 0.1) is 6.61 Å². The van der Waals surface area contributed by atoms with Crippen LogP contribution in [0.3, 0.4) is 0 Å². The number of hydrogen-bond donors (Lipinski definition) is 3. The number of rotatable bonds is 6. The summed E-state index contributed by atoms with van der Waals surface area (Å²) in [5, 5.41) is 11.9. The molecular weight excluding hydrogens is 206 g/mol. The summed E-state index contributed by atoms with van der Waals surface area (Å²) in [6, 6.07) is 1.82. The summed E-state index contributed by atoms with van der Waals surface area (Å²) in [5.74, 6) is 1.66. The van der Waals surface area contributed by atoms with Crippen molar-refractivity contribution in [1.82, 2.24) is 9.97 Å². The van der Waals surface area contributed by atoms with Crippen molar-refractivity contribution < 1.29 is 5.11 Å². The Balaban J connectivity index is 2.93. The van der Waals surface area contributed by atoms with Crippen molar-refractivity contribution >= 4 is 17.6 Å². The van der Waals surface area contributed by atoms with E-state index < -0.39 is 0 Å². The maximum absolute atomic E-state index is 8.99. The third-order valence-electron chi connectivity index (χ3n) is 2.17. The molecule has 1 aromatic heterocycles. The van der Waals surface area contributed by atoms with Crippen molar-refractivity contribution in [2.45, 2.75) is 13.3 Å². The molecule has 90 valence electrons. The van der Waals surface area contributed by atoms with Gasteiger partial charge in [0.25, 0.3) is 0 Å². The van der Waals surface area contributed by atoms with Crippen LogP contribution >= 0.6 is 0 Å². The van der Waals surface area contributed by atoms with E-state index in [1.807, 2.05) is 11.0 Å². The van der Waals surface area contributed by atoms with Gasteiger partial charge in [0.15, 0.2) is 0 Å². The van der Waals surface area contributed by atoms with Crippen molar-refractivity contribution in [2.24, 2.45) is 0 Å². The van der Waals surface area contributed by atoms with Gasteiger partial charge in [-0.3, -0.25) is 0 Å². The van der Waals surface area contributed by atoms with Gasteiger partial charge in [-0.1, -0.05) is 6.92 Å². The smallest absolute Gasteiger partial charge is 0.223 e. The molecule has 0 radical (unpaired) electrons. The Bertz CT molecular complexity index is 325. The Morgan fingerprint density at radius 3 is 2.75 bits per heavy atom. The Morgan fingerprint density at radius 2 is 2.19 bits per heavy atom. The third kappa shape index (κ3) is 3.23. The van der Waals surface area contributed by atoms with Crippen molar-refractivity contribution in [3.05, 3.63) is 6.07 Å². The first-order valence-electron chi connectivity index (χ1n) is 5.39. The fourth-order valence-electron chi connectivity index (χ4n) is 1.47. The Labute approximate surface area is 95.5 Å². The van der Waals surface area contributed by atoms with E-state index in [1.165, 1.54) is 0 Å². The molecular formula is C10H19N5O. The van der Waals surface area contributed by atoms with Gasteiger partial charge in [-0.15, -0.1) is 0 Å². The average molecular weight is 225 g/mol. The predicted octanol–water partition coefficient (Wildman–Crippen LogP) is 0.309.